The summed E-state index contributed by atoms with van der Waals surface area (Å²) in [6.07, 6.45) is 1.20. The van der Waals surface area contributed by atoms with Crippen molar-refractivity contribution in [1.82, 2.24) is 20.2 Å². The number of carbonyl (C=O) groups excluding carboxylic acids is 2. The molecular weight excluding hydrogens is 384 g/mol. The van der Waals surface area contributed by atoms with Crippen molar-refractivity contribution in [2.45, 2.75) is 12.8 Å². The van der Waals surface area contributed by atoms with Gasteiger partial charge in [-0.1, -0.05) is 18.2 Å². The van der Waals surface area contributed by atoms with Gasteiger partial charge in [0.1, 0.15) is 5.69 Å². The molecule has 1 saturated heterocycles. The zero-order valence-corrected chi connectivity index (χ0v) is 16.9. The average Bonchev–Trinajstić information content (AvgIpc) is 2.78. The lowest BCUT2D eigenvalue weighted by atomic mass is 10.0. The third-order valence-corrected chi connectivity index (χ3v) is 4.77. The smallest absolute Gasteiger partial charge is 0.409 e. The molecule has 2 aromatic rings. The van der Waals surface area contributed by atoms with Crippen LogP contribution in [0.25, 0.3) is 11.0 Å². The van der Waals surface area contributed by atoms with Crippen LogP contribution in [0.1, 0.15) is 18.5 Å². The molecule has 1 aromatic heterocycles. The summed E-state index contributed by atoms with van der Waals surface area (Å²) in [4.78, 5) is 37.5. The highest BCUT2D eigenvalue weighted by Crippen LogP contribution is 2.28. The van der Waals surface area contributed by atoms with E-state index in [0.29, 0.717) is 55.3 Å². The number of amides is 2. The van der Waals surface area contributed by atoms with Crippen LogP contribution in [-0.4, -0.2) is 66.2 Å². The van der Waals surface area contributed by atoms with Gasteiger partial charge >= 0.3 is 6.09 Å². The molecule has 0 radical (unpaired) electrons. The van der Waals surface area contributed by atoms with Crippen LogP contribution in [-0.2, 0) is 9.53 Å². The van der Waals surface area contributed by atoms with Crippen molar-refractivity contribution in [3.05, 3.63) is 42.6 Å². The fourth-order valence-electron chi connectivity index (χ4n) is 3.27. The lowest BCUT2D eigenvalue weighted by Crippen LogP contribution is -2.49. The normalized spacial score (nSPS) is 14.7. The lowest BCUT2D eigenvalue weighted by molar-refractivity contribution is -0.121. The highest BCUT2D eigenvalue weighted by atomic mass is 16.6. The second-order valence-electron chi connectivity index (χ2n) is 6.69. The number of ether oxygens (including phenoxy) is 1. The molecule has 9 heteroatoms. The number of rotatable bonds is 6. The zero-order chi connectivity index (χ0) is 21.5. The van der Waals surface area contributed by atoms with Crippen LogP contribution in [0, 0.1) is 11.3 Å². The Kier molecular flexibility index (Phi) is 6.80. The van der Waals surface area contributed by atoms with E-state index in [-0.39, 0.29) is 12.6 Å². The largest absolute Gasteiger partial charge is 0.450 e. The number of nitrogens with zero attached hydrogens (tertiary/aromatic N) is 5. The Bertz CT molecular complexity index is 978. The van der Waals surface area contributed by atoms with Crippen LogP contribution in [0.15, 0.2) is 36.9 Å². The summed E-state index contributed by atoms with van der Waals surface area (Å²) < 4.78 is 5.06. The summed E-state index contributed by atoms with van der Waals surface area (Å²) in [6, 6.07) is 9.38. The molecule has 0 spiro atoms. The van der Waals surface area contributed by atoms with Gasteiger partial charge in [0.05, 0.1) is 23.7 Å². The van der Waals surface area contributed by atoms with Gasteiger partial charge < -0.3 is 19.9 Å². The Labute approximate surface area is 174 Å². The highest BCUT2D eigenvalue weighted by Gasteiger charge is 2.31. The molecule has 1 N–H and O–H groups in total. The predicted molar refractivity (Wildman–Crippen MR) is 112 cm³/mol. The minimum atomic E-state index is -1.11. The molecule has 1 aliphatic heterocycles. The number of carbonyl (C=O) groups is 2. The highest BCUT2D eigenvalue weighted by molar-refractivity contribution is 5.89. The summed E-state index contributed by atoms with van der Waals surface area (Å²) in [5, 5.41) is 12.4. The van der Waals surface area contributed by atoms with Crippen molar-refractivity contribution >= 4 is 28.9 Å². The van der Waals surface area contributed by atoms with E-state index < -0.39 is 11.8 Å². The molecule has 0 bridgehead atoms. The molecular formula is C21H24N6O3. The van der Waals surface area contributed by atoms with E-state index in [1.54, 1.807) is 24.0 Å². The SMILES string of the molecule is C=CCNC(=O)[C@H](C#N)c1nc2ccccc2nc1N1CCN(C(=O)OCC)CC1. The van der Waals surface area contributed by atoms with Gasteiger partial charge in [0.15, 0.2) is 11.7 Å². The predicted octanol–water partition coefficient (Wildman–Crippen LogP) is 1.82. The number of anilines is 1. The van der Waals surface area contributed by atoms with Crippen LogP contribution in [0.4, 0.5) is 10.6 Å². The Hall–Kier alpha value is -3.67. The first kappa shape index (κ1) is 21.0. The first-order valence-electron chi connectivity index (χ1n) is 9.80. The number of nitrogens with one attached hydrogen (secondary N) is 1. The molecule has 1 aliphatic rings. The van der Waals surface area contributed by atoms with E-state index in [4.69, 9.17) is 9.72 Å². The fraction of sp³-hybridized carbons (Fsp3) is 0.381. The molecule has 0 aliphatic carbocycles. The van der Waals surface area contributed by atoms with Gasteiger partial charge in [-0.3, -0.25) is 4.79 Å². The Morgan fingerprint density at radius 3 is 2.53 bits per heavy atom. The monoisotopic (exact) mass is 408 g/mol. The molecule has 30 heavy (non-hydrogen) atoms. The van der Waals surface area contributed by atoms with Gasteiger partial charge in [-0.15, -0.1) is 6.58 Å². The molecule has 156 valence electrons. The molecule has 0 unspecified atom stereocenters. The summed E-state index contributed by atoms with van der Waals surface area (Å²) in [5.74, 6) is -1.08. The second-order valence-corrected chi connectivity index (χ2v) is 6.69. The van der Waals surface area contributed by atoms with Crippen molar-refractivity contribution in [2.75, 3.05) is 44.2 Å². The van der Waals surface area contributed by atoms with Gasteiger partial charge in [0.2, 0.25) is 5.91 Å². The minimum Gasteiger partial charge on any atom is -0.450 e. The van der Waals surface area contributed by atoms with E-state index in [0.717, 1.165) is 0 Å². The average molecular weight is 408 g/mol. The molecule has 2 heterocycles. The Morgan fingerprint density at radius 1 is 1.27 bits per heavy atom. The molecule has 1 aromatic carbocycles. The van der Waals surface area contributed by atoms with Crippen molar-refractivity contribution in [2.24, 2.45) is 0 Å². The van der Waals surface area contributed by atoms with E-state index >= 15 is 0 Å². The number of aromatic nitrogens is 2. The number of hydrogen-bond donors (Lipinski definition) is 1. The molecule has 2 amide bonds. The quantitative estimate of drug-likeness (QED) is 0.726. The molecule has 9 nitrogen and oxygen atoms in total. The summed E-state index contributed by atoms with van der Waals surface area (Å²) >= 11 is 0. The maximum absolute atomic E-state index is 12.6. The Balaban J connectivity index is 1.94. The summed E-state index contributed by atoms with van der Waals surface area (Å²) in [5.41, 5.74) is 1.59. The van der Waals surface area contributed by atoms with Crippen LogP contribution in [0.5, 0.6) is 0 Å². The van der Waals surface area contributed by atoms with E-state index in [9.17, 15) is 14.9 Å². The van der Waals surface area contributed by atoms with E-state index in [1.165, 1.54) is 0 Å². The van der Waals surface area contributed by atoms with Crippen LogP contribution >= 0.6 is 0 Å². The minimum absolute atomic E-state index is 0.256. The Morgan fingerprint density at radius 2 is 1.93 bits per heavy atom. The van der Waals surface area contributed by atoms with Crippen molar-refractivity contribution < 1.29 is 14.3 Å². The van der Waals surface area contributed by atoms with Gasteiger partial charge in [0.25, 0.3) is 0 Å². The number of nitriles is 1. The molecule has 3 rings (SSSR count). The third kappa shape index (κ3) is 4.49. The fourth-order valence-corrected chi connectivity index (χ4v) is 3.27. The van der Waals surface area contributed by atoms with E-state index in [1.807, 2.05) is 23.1 Å². The molecule has 1 atom stereocenters. The van der Waals surface area contributed by atoms with Crippen molar-refractivity contribution in [1.29, 1.82) is 5.26 Å². The first-order chi connectivity index (χ1) is 14.6. The van der Waals surface area contributed by atoms with E-state index in [2.05, 4.69) is 22.9 Å². The number of fused-ring (bicyclic) bond motifs is 1. The lowest BCUT2D eigenvalue weighted by Gasteiger charge is -2.35. The van der Waals surface area contributed by atoms with Crippen molar-refractivity contribution in [3.8, 4) is 6.07 Å². The molecule has 1 fully saturated rings. The van der Waals surface area contributed by atoms with Crippen LogP contribution < -0.4 is 10.2 Å². The number of para-hydroxylation sites is 2. The summed E-state index contributed by atoms with van der Waals surface area (Å²) in [6.45, 7) is 7.81. The van der Waals surface area contributed by atoms with Gasteiger partial charge in [0, 0.05) is 32.7 Å². The van der Waals surface area contributed by atoms with Crippen LogP contribution in [0.3, 0.4) is 0 Å². The van der Waals surface area contributed by atoms with Gasteiger partial charge in [-0.25, -0.2) is 14.8 Å². The number of hydrogen-bond acceptors (Lipinski definition) is 7. The maximum atomic E-state index is 12.6. The topological polar surface area (TPSA) is 111 Å². The van der Waals surface area contributed by atoms with Crippen LogP contribution in [0.2, 0.25) is 0 Å². The van der Waals surface area contributed by atoms with Gasteiger partial charge in [-0.2, -0.15) is 5.26 Å². The summed E-state index contributed by atoms with van der Waals surface area (Å²) in [7, 11) is 0. The standard InChI is InChI=1S/C21H24N6O3/c1-3-9-23-20(28)15(14-22)18-19(25-17-8-6-5-7-16(17)24-18)26-10-12-27(13-11-26)21(29)30-4-2/h3,5-8,15H,1,4,9-13H2,2H3,(H,23,28)/t15-/m1/s1. The zero-order valence-electron chi connectivity index (χ0n) is 16.9. The van der Waals surface area contributed by atoms with Gasteiger partial charge in [-0.05, 0) is 19.1 Å². The third-order valence-electron chi connectivity index (χ3n) is 4.77. The second kappa shape index (κ2) is 9.69. The number of benzene rings is 1. The maximum Gasteiger partial charge on any atom is 0.409 e. The van der Waals surface area contributed by atoms with Crippen molar-refractivity contribution in [3.63, 3.8) is 0 Å². The first-order valence-corrected chi connectivity index (χ1v) is 9.80. The number of piperazine rings is 1. The molecule has 0 saturated carbocycles.